The van der Waals surface area contributed by atoms with Crippen LogP contribution in [0.1, 0.15) is 20.8 Å². The van der Waals surface area contributed by atoms with Gasteiger partial charge in [-0.15, -0.1) is 0 Å². The number of aromatic amines is 1. The molecule has 0 bridgehead atoms. The van der Waals surface area contributed by atoms with Gasteiger partial charge in [-0.1, -0.05) is 0 Å². The van der Waals surface area contributed by atoms with Crippen LogP contribution in [0, 0.1) is 0 Å². The van der Waals surface area contributed by atoms with Gasteiger partial charge in [0.2, 0.25) is 0 Å². The van der Waals surface area contributed by atoms with Crippen LogP contribution < -0.4 is 31.9 Å². The summed E-state index contributed by atoms with van der Waals surface area (Å²) in [6, 6.07) is 0. The number of hydrogen-bond acceptors (Lipinski definition) is 3. The van der Waals surface area contributed by atoms with Gasteiger partial charge in [-0.05, 0) is 0 Å². The van der Waals surface area contributed by atoms with Crippen molar-refractivity contribution < 1.29 is 25.9 Å². The van der Waals surface area contributed by atoms with Gasteiger partial charge in [0.1, 0.15) is 0 Å². The molecule has 1 aliphatic rings. The Balaban J connectivity index is 2.59. The Hall–Kier alpha value is -0.850. The quantitative estimate of drug-likeness (QED) is 0.597. The van der Waals surface area contributed by atoms with Gasteiger partial charge in [-0.3, -0.25) is 0 Å². The van der Waals surface area contributed by atoms with Crippen LogP contribution in [0.15, 0.2) is 11.3 Å². The number of aliphatic imine (C=N–C) groups is 1. The van der Waals surface area contributed by atoms with Crippen molar-refractivity contribution in [2.75, 3.05) is 0 Å². The molecule has 1 aliphatic heterocycles. The van der Waals surface area contributed by atoms with Crippen molar-refractivity contribution in [1.29, 1.82) is 0 Å². The molecule has 1 aromatic heterocycles. The third kappa shape index (κ3) is 2.39. The van der Waals surface area contributed by atoms with Crippen molar-refractivity contribution in [3.8, 4) is 0 Å². The van der Waals surface area contributed by atoms with E-state index in [1.807, 2.05) is 20.8 Å². The van der Waals surface area contributed by atoms with Crippen LogP contribution in [0.5, 0.6) is 0 Å². The zero-order valence-corrected chi connectivity index (χ0v) is 11.1. The first kappa shape index (κ1) is 10.7. The Kier molecular flexibility index (Phi) is 3.08. The Morgan fingerprint density at radius 1 is 1.47 bits per heavy atom. The molecule has 82 valence electrons. The molecule has 0 spiro atoms. The number of fused-ring (bicyclic) bond motifs is 1. The number of ether oxygens (including phenoxy) is 1. The van der Waals surface area contributed by atoms with Gasteiger partial charge in [0.25, 0.3) is 0 Å². The molecule has 0 unspecified atom stereocenters. The van der Waals surface area contributed by atoms with Crippen molar-refractivity contribution >= 4 is 13.7 Å². The normalized spacial score (nSPS) is 16.0. The van der Waals surface area contributed by atoms with Gasteiger partial charge in [0.15, 0.2) is 0 Å². The second kappa shape index (κ2) is 4.34. The van der Waals surface area contributed by atoms with Crippen LogP contribution in [0.2, 0.25) is 0 Å². The molecule has 2 rings (SSSR count). The SMILES string of the molecule is CC1=NC(OC(C)C)=c2nc[nH]c2=C[I-]1. The van der Waals surface area contributed by atoms with Gasteiger partial charge in [-0.25, -0.2) is 0 Å². The van der Waals surface area contributed by atoms with E-state index in [9.17, 15) is 0 Å². The average Bonchev–Trinajstić information content (AvgIpc) is 2.56. The Morgan fingerprint density at radius 3 is 3.00 bits per heavy atom. The number of imidazole rings is 1. The topological polar surface area (TPSA) is 50.3 Å². The van der Waals surface area contributed by atoms with E-state index in [2.05, 4.69) is 19.0 Å². The third-order valence-corrected chi connectivity index (χ3v) is 3.87. The Labute approximate surface area is 98.4 Å². The second-order valence-corrected chi connectivity index (χ2v) is 6.27. The molecule has 0 radical (unpaired) electrons. The molecule has 5 heteroatoms. The summed E-state index contributed by atoms with van der Waals surface area (Å²) >= 11 is -0.139. The van der Waals surface area contributed by atoms with Crippen molar-refractivity contribution in [1.82, 2.24) is 9.97 Å². The molecule has 0 atom stereocenters. The number of rotatable bonds is 2. The van der Waals surface area contributed by atoms with Crippen LogP contribution in [0.25, 0.3) is 9.97 Å². The molecular formula is C10H13IN3O-. The molecule has 0 fully saturated rings. The van der Waals surface area contributed by atoms with Crippen LogP contribution in [0.3, 0.4) is 0 Å². The van der Waals surface area contributed by atoms with Gasteiger partial charge in [-0.2, -0.15) is 0 Å². The molecule has 4 nitrogen and oxygen atoms in total. The number of nitrogens with one attached hydrogen (secondary N) is 1. The van der Waals surface area contributed by atoms with E-state index >= 15 is 0 Å². The summed E-state index contributed by atoms with van der Waals surface area (Å²) in [5.74, 6) is 0.646. The molecule has 15 heavy (non-hydrogen) atoms. The number of H-pyrrole nitrogens is 1. The predicted octanol–water partition coefficient (Wildman–Crippen LogP) is -2.84. The van der Waals surface area contributed by atoms with Crippen molar-refractivity contribution in [3.05, 3.63) is 17.0 Å². The minimum atomic E-state index is -0.139. The fourth-order valence-electron chi connectivity index (χ4n) is 1.21. The maximum atomic E-state index is 5.67. The molecule has 1 aromatic rings. The summed E-state index contributed by atoms with van der Waals surface area (Å²) in [5, 5.41) is 1.87. The summed E-state index contributed by atoms with van der Waals surface area (Å²) in [5.41, 5.74) is 0. The first-order valence-corrected chi connectivity index (χ1v) is 7.08. The number of aromatic nitrogens is 2. The summed E-state index contributed by atoms with van der Waals surface area (Å²) in [4.78, 5) is 11.8. The summed E-state index contributed by atoms with van der Waals surface area (Å²) in [6.07, 6.45) is 1.81. The van der Waals surface area contributed by atoms with Crippen LogP contribution >= 0.6 is 0 Å². The van der Waals surface area contributed by atoms with Crippen LogP contribution in [0.4, 0.5) is 0 Å². The number of nitrogens with zero attached hydrogens (tertiary/aromatic N) is 2. The molecule has 0 saturated carbocycles. The maximum absolute atomic E-state index is 5.67. The van der Waals surface area contributed by atoms with Crippen molar-refractivity contribution in [2.24, 2.45) is 4.99 Å². The molecule has 0 saturated heterocycles. The summed E-state index contributed by atoms with van der Waals surface area (Å²) in [6.45, 7) is 6.03. The van der Waals surface area contributed by atoms with Crippen LogP contribution in [-0.4, -0.2) is 19.8 Å². The predicted molar refractivity (Wildman–Crippen MR) is 55.0 cm³/mol. The summed E-state index contributed by atoms with van der Waals surface area (Å²) in [7, 11) is 0. The fourth-order valence-corrected chi connectivity index (χ4v) is 2.81. The van der Waals surface area contributed by atoms with Gasteiger partial charge >= 0.3 is 98.5 Å². The van der Waals surface area contributed by atoms with E-state index in [1.165, 1.54) is 0 Å². The molecule has 0 aliphatic carbocycles. The van der Waals surface area contributed by atoms with E-state index in [0.717, 1.165) is 14.4 Å². The second-order valence-electron chi connectivity index (χ2n) is 3.46. The van der Waals surface area contributed by atoms with Gasteiger partial charge in [0, 0.05) is 0 Å². The number of hydrogen-bond donors (Lipinski definition) is 1. The standard InChI is InChI=1S/C10H13IN3O/c1-6(2)15-10-9-8(12-5-13-9)4-11-7(3)14-10/h4-6H,1-3H3,(H,12,13)/q-1. The zero-order chi connectivity index (χ0) is 10.8. The van der Waals surface area contributed by atoms with Gasteiger partial charge < -0.3 is 0 Å². The van der Waals surface area contributed by atoms with Crippen LogP contribution in [-0.2, 0) is 4.74 Å². The molecular weight excluding hydrogens is 305 g/mol. The third-order valence-electron chi connectivity index (χ3n) is 1.80. The average molecular weight is 318 g/mol. The molecule has 0 aromatic carbocycles. The molecule has 1 N–H and O–H groups in total. The van der Waals surface area contributed by atoms with E-state index in [1.54, 1.807) is 6.33 Å². The summed E-state index contributed by atoms with van der Waals surface area (Å²) < 4.78 is 9.01. The van der Waals surface area contributed by atoms with E-state index in [4.69, 9.17) is 4.74 Å². The minimum absolute atomic E-state index is 0.123. The first-order valence-electron chi connectivity index (χ1n) is 4.76. The Morgan fingerprint density at radius 2 is 2.27 bits per heavy atom. The van der Waals surface area contributed by atoms with Crippen molar-refractivity contribution in [3.63, 3.8) is 0 Å². The van der Waals surface area contributed by atoms with E-state index in [-0.39, 0.29) is 27.3 Å². The monoisotopic (exact) mass is 318 g/mol. The molecule has 2 heterocycles. The van der Waals surface area contributed by atoms with E-state index < -0.39 is 0 Å². The first-order chi connectivity index (χ1) is 7.16. The van der Waals surface area contributed by atoms with Crippen molar-refractivity contribution in [2.45, 2.75) is 26.9 Å². The van der Waals surface area contributed by atoms with Gasteiger partial charge in [0.05, 0.1) is 0 Å². The Bertz CT molecular complexity index is 501. The fraction of sp³-hybridized carbons (Fsp3) is 0.400. The number of halogens is 1. The zero-order valence-electron chi connectivity index (χ0n) is 8.91. The molecule has 0 amide bonds. The van der Waals surface area contributed by atoms with E-state index in [0.29, 0.717) is 5.88 Å².